The van der Waals surface area contributed by atoms with Crippen molar-refractivity contribution >= 4 is 9.84 Å². The van der Waals surface area contributed by atoms with Gasteiger partial charge in [-0.05, 0) is 18.6 Å². The molecule has 0 radical (unpaired) electrons. The Balaban J connectivity index is 2.54. The molecule has 1 N–H and O–H groups in total. The van der Waals surface area contributed by atoms with Gasteiger partial charge in [-0.25, -0.2) is 26.0 Å². The minimum atomic E-state index is -5.40. The van der Waals surface area contributed by atoms with Crippen molar-refractivity contribution in [3.05, 3.63) is 46.8 Å². The average molecular weight is 431 g/mol. The average Bonchev–Trinajstić information content (AvgIpc) is 2.86. The molecular weight excluding hydrogens is 419 g/mol. The third-order valence-corrected chi connectivity index (χ3v) is 5.53. The number of aromatic nitrogens is 1. The highest BCUT2D eigenvalue weighted by Gasteiger charge is 2.52. The SMILES string of the molecule is CS(=O)(=O)c1c2c(n(-c3cc(F)cc(F)c3)c1C(F)(F)F)CCC(F)(F)[C@H]2O. The topological polar surface area (TPSA) is 59.3 Å². The molecule has 0 unspecified atom stereocenters. The molecule has 154 valence electrons. The zero-order valence-corrected chi connectivity index (χ0v) is 14.8. The van der Waals surface area contributed by atoms with Crippen LogP contribution in [0.5, 0.6) is 0 Å². The summed E-state index contributed by atoms with van der Waals surface area (Å²) in [6.45, 7) is 0. The van der Waals surface area contributed by atoms with Crippen molar-refractivity contribution in [3.8, 4) is 5.69 Å². The molecule has 2 aromatic rings. The smallest absolute Gasteiger partial charge is 0.382 e. The molecule has 1 aromatic heterocycles. The van der Waals surface area contributed by atoms with Crippen LogP contribution < -0.4 is 0 Å². The number of sulfone groups is 1. The van der Waals surface area contributed by atoms with E-state index in [4.69, 9.17) is 0 Å². The number of halogens is 7. The number of aliphatic hydroxyl groups is 1. The quantitative estimate of drug-likeness (QED) is 0.737. The molecular formula is C16H12F7NO3S. The number of rotatable bonds is 2. The summed E-state index contributed by atoms with van der Waals surface area (Å²) in [5, 5.41) is 9.95. The normalized spacial score (nSPS) is 19.5. The molecule has 1 aliphatic carbocycles. The Morgan fingerprint density at radius 1 is 1.14 bits per heavy atom. The molecule has 1 aliphatic rings. The van der Waals surface area contributed by atoms with Crippen LogP contribution in [0.3, 0.4) is 0 Å². The molecule has 0 bridgehead atoms. The van der Waals surface area contributed by atoms with Crippen LogP contribution >= 0.6 is 0 Å². The molecule has 0 saturated heterocycles. The van der Waals surface area contributed by atoms with Gasteiger partial charge in [0.15, 0.2) is 9.84 Å². The maximum atomic E-state index is 14.0. The van der Waals surface area contributed by atoms with Crippen molar-refractivity contribution in [3.63, 3.8) is 0 Å². The maximum absolute atomic E-state index is 14.0. The predicted octanol–water partition coefficient (Wildman–Crippen LogP) is 3.79. The van der Waals surface area contributed by atoms with E-state index >= 15 is 0 Å². The molecule has 0 aliphatic heterocycles. The van der Waals surface area contributed by atoms with Gasteiger partial charge in [-0.3, -0.25) is 0 Å². The lowest BCUT2D eigenvalue weighted by atomic mass is 9.91. The van der Waals surface area contributed by atoms with Crippen LogP contribution in [0, 0.1) is 11.6 Å². The second-order valence-electron chi connectivity index (χ2n) is 6.43. The van der Waals surface area contributed by atoms with E-state index in [1.165, 1.54) is 0 Å². The molecule has 28 heavy (non-hydrogen) atoms. The third kappa shape index (κ3) is 3.28. The Hall–Kier alpha value is -2.08. The van der Waals surface area contributed by atoms with Crippen LogP contribution in [0.25, 0.3) is 5.69 Å². The number of hydrogen-bond acceptors (Lipinski definition) is 3. The molecule has 1 heterocycles. The van der Waals surface area contributed by atoms with Gasteiger partial charge in [-0.2, -0.15) is 13.2 Å². The second kappa shape index (κ2) is 6.21. The monoisotopic (exact) mass is 431 g/mol. The maximum Gasteiger partial charge on any atom is 0.433 e. The summed E-state index contributed by atoms with van der Waals surface area (Å²) in [5.41, 5.74) is -4.36. The summed E-state index contributed by atoms with van der Waals surface area (Å²) < 4.78 is 121. The first-order chi connectivity index (χ1) is 12.6. The number of benzene rings is 1. The van der Waals surface area contributed by atoms with Gasteiger partial charge in [-0.15, -0.1) is 0 Å². The summed E-state index contributed by atoms with van der Waals surface area (Å²) in [6, 6.07) is 1.39. The standard InChI is InChI=1S/C16H12F7NO3S/c1-28(26,27)12-11-10(2-3-15(19,20)14(11)25)24(13(12)16(21,22)23)9-5-7(17)4-8(18)6-9/h4-6,14,25H,2-3H2,1H3/t14-/m0/s1. The van der Waals surface area contributed by atoms with Crippen molar-refractivity contribution in [2.24, 2.45) is 0 Å². The Morgan fingerprint density at radius 3 is 2.14 bits per heavy atom. The zero-order valence-electron chi connectivity index (χ0n) is 14.0. The highest BCUT2D eigenvalue weighted by molar-refractivity contribution is 7.90. The van der Waals surface area contributed by atoms with Gasteiger partial charge >= 0.3 is 6.18 Å². The fraction of sp³-hybridized carbons (Fsp3) is 0.375. The second-order valence-corrected chi connectivity index (χ2v) is 8.39. The van der Waals surface area contributed by atoms with E-state index in [9.17, 15) is 44.3 Å². The third-order valence-electron chi connectivity index (χ3n) is 4.38. The zero-order chi connectivity index (χ0) is 21.2. The first-order valence-electron chi connectivity index (χ1n) is 7.71. The Morgan fingerprint density at radius 2 is 1.68 bits per heavy atom. The Kier molecular flexibility index (Phi) is 4.58. The lowest BCUT2D eigenvalue weighted by Crippen LogP contribution is -2.32. The molecule has 1 atom stereocenters. The van der Waals surface area contributed by atoms with Crippen molar-refractivity contribution in [2.45, 2.75) is 35.9 Å². The van der Waals surface area contributed by atoms with Crippen LogP contribution in [-0.2, 0) is 22.4 Å². The summed E-state index contributed by atoms with van der Waals surface area (Å²) in [5.74, 6) is -6.39. The number of fused-ring (bicyclic) bond motifs is 1. The van der Waals surface area contributed by atoms with E-state index in [0.29, 0.717) is 24.5 Å². The van der Waals surface area contributed by atoms with E-state index in [1.54, 1.807) is 0 Å². The van der Waals surface area contributed by atoms with Gasteiger partial charge in [-0.1, -0.05) is 0 Å². The Labute approximate surface area is 154 Å². The highest BCUT2D eigenvalue weighted by Crippen LogP contribution is 2.50. The van der Waals surface area contributed by atoms with Gasteiger partial charge in [0, 0.05) is 30.0 Å². The number of hydrogen-bond donors (Lipinski definition) is 1. The van der Waals surface area contributed by atoms with E-state index in [0.717, 1.165) is 0 Å². The van der Waals surface area contributed by atoms with Crippen molar-refractivity contribution < 1.29 is 44.3 Å². The van der Waals surface area contributed by atoms with Gasteiger partial charge in [0.25, 0.3) is 5.92 Å². The van der Waals surface area contributed by atoms with Gasteiger partial charge in [0.05, 0.1) is 5.69 Å². The van der Waals surface area contributed by atoms with Gasteiger partial charge in [0.1, 0.15) is 28.3 Å². The molecule has 3 rings (SSSR count). The number of alkyl halides is 5. The lowest BCUT2D eigenvalue weighted by molar-refractivity contribution is -0.145. The van der Waals surface area contributed by atoms with Crippen molar-refractivity contribution in [1.29, 1.82) is 0 Å². The Bertz CT molecular complexity index is 1040. The largest absolute Gasteiger partial charge is 0.433 e. The fourth-order valence-electron chi connectivity index (χ4n) is 3.36. The van der Waals surface area contributed by atoms with Crippen molar-refractivity contribution in [2.75, 3.05) is 6.26 Å². The molecule has 0 fully saturated rings. The van der Waals surface area contributed by atoms with Gasteiger partial charge in [0.2, 0.25) is 0 Å². The van der Waals surface area contributed by atoms with E-state index in [-0.39, 0.29) is 4.57 Å². The fourth-order valence-corrected chi connectivity index (χ4v) is 4.55. The first kappa shape index (κ1) is 20.6. The first-order valence-corrected chi connectivity index (χ1v) is 9.61. The molecule has 0 amide bonds. The molecule has 4 nitrogen and oxygen atoms in total. The van der Waals surface area contributed by atoms with E-state index < -0.39 is 80.1 Å². The minimum Gasteiger partial charge on any atom is -0.382 e. The molecule has 1 aromatic carbocycles. The molecule has 12 heteroatoms. The van der Waals surface area contributed by atoms with Crippen LogP contribution in [0.2, 0.25) is 0 Å². The van der Waals surface area contributed by atoms with Crippen molar-refractivity contribution in [1.82, 2.24) is 4.57 Å². The molecule has 0 spiro atoms. The van der Waals surface area contributed by atoms with Crippen LogP contribution in [0.15, 0.2) is 23.1 Å². The number of aliphatic hydroxyl groups excluding tert-OH is 1. The lowest BCUT2D eigenvalue weighted by Gasteiger charge is -2.29. The molecule has 0 saturated carbocycles. The van der Waals surface area contributed by atoms with Gasteiger partial charge < -0.3 is 9.67 Å². The van der Waals surface area contributed by atoms with Crippen LogP contribution in [0.4, 0.5) is 30.7 Å². The predicted molar refractivity (Wildman–Crippen MR) is 82.0 cm³/mol. The summed E-state index contributed by atoms with van der Waals surface area (Å²) >= 11 is 0. The summed E-state index contributed by atoms with van der Waals surface area (Å²) in [7, 11) is -4.77. The summed E-state index contributed by atoms with van der Waals surface area (Å²) in [4.78, 5) is -1.54. The van der Waals surface area contributed by atoms with E-state index in [1.807, 2.05) is 0 Å². The van der Waals surface area contributed by atoms with Crippen LogP contribution in [0.1, 0.15) is 29.5 Å². The summed E-state index contributed by atoms with van der Waals surface area (Å²) in [6.07, 6.45) is -9.69. The van der Waals surface area contributed by atoms with Crippen LogP contribution in [-0.4, -0.2) is 30.3 Å². The number of nitrogens with zero attached hydrogens (tertiary/aromatic N) is 1. The highest BCUT2D eigenvalue weighted by atomic mass is 32.2. The van der Waals surface area contributed by atoms with E-state index in [2.05, 4.69) is 0 Å². The minimum absolute atomic E-state index is 0.177.